The quantitative estimate of drug-likeness (QED) is 0.431. The Hall–Kier alpha value is -1.78. The molecule has 19 heavy (non-hydrogen) atoms. The minimum Gasteiger partial charge on any atom is -0.359 e. The van der Waals surface area contributed by atoms with Crippen LogP contribution in [0.5, 0.6) is 0 Å². The summed E-state index contributed by atoms with van der Waals surface area (Å²) in [5.74, 6) is 5.41. The molecule has 2 rings (SSSR count). The molecule has 0 aliphatic heterocycles. The van der Waals surface area contributed by atoms with E-state index in [4.69, 9.17) is 5.84 Å². The van der Waals surface area contributed by atoms with Gasteiger partial charge in [-0.15, -0.1) is 11.3 Å². The number of nitro groups is 1. The molecule has 0 fully saturated rings. The van der Waals surface area contributed by atoms with E-state index in [1.165, 1.54) is 11.3 Å². The van der Waals surface area contributed by atoms with Crippen LogP contribution in [0.1, 0.15) is 4.88 Å². The second kappa shape index (κ2) is 5.91. The number of hydrogen-bond acceptors (Lipinski definition) is 8. The largest absolute Gasteiger partial charge is 0.359 e. The minimum atomic E-state index is -0.549. The van der Waals surface area contributed by atoms with Gasteiger partial charge in [-0.2, -0.15) is 4.98 Å². The van der Waals surface area contributed by atoms with E-state index in [0.717, 1.165) is 14.9 Å². The van der Waals surface area contributed by atoms with E-state index in [2.05, 4.69) is 36.6 Å². The van der Waals surface area contributed by atoms with Crippen molar-refractivity contribution in [1.82, 2.24) is 9.97 Å². The molecule has 4 N–H and O–H groups in total. The molecule has 0 radical (unpaired) electrons. The zero-order valence-electron chi connectivity index (χ0n) is 9.46. The Balaban J connectivity index is 2.19. The van der Waals surface area contributed by atoms with E-state index >= 15 is 0 Å². The van der Waals surface area contributed by atoms with Crippen LogP contribution in [0, 0.1) is 10.1 Å². The van der Waals surface area contributed by atoms with Gasteiger partial charge in [-0.25, -0.2) is 10.8 Å². The number of halogens is 1. The molecule has 10 heteroatoms. The molecule has 0 saturated heterocycles. The van der Waals surface area contributed by atoms with Gasteiger partial charge >= 0.3 is 5.69 Å². The maximum Gasteiger partial charge on any atom is 0.329 e. The molecule has 0 aliphatic rings. The fourth-order valence-corrected chi connectivity index (χ4v) is 2.75. The van der Waals surface area contributed by atoms with Crippen molar-refractivity contribution in [3.8, 4) is 0 Å². The van der Waals surface area contributed by atoms with Gasteiger partial charge in [0.15, 0.2) is 0 Å². The molecule has 2 aromatic rings. The smallest absolute Gasteiger partial charge is 0.329 e. The van der Waals surface area contributed by atoms with Crippen LogP contribution in [0.4, 0.5) is 17.5 Å². The number of nitrogen functional groups attached to an aromatic ring is 1. The average molecular weight is 345 g/mol. The van der Waals surface area contributed by atoms with E-state index in [1.807, 2.05) is 12.1 Å². The maximum atomic E-state index is 10.9. The molecule has 0 bridgehead atoms. The highest BCUT2D eigenvalue weighted by molar-refractivity contribution is 9.11. The van der Waals surface area contributed by atoms with Crippen molar-refractivity contribution in [3.63, 3.8) is 0 Å². The van der Waals surface area contributed by atoms with Crippen molar-refractivity contribution in [2.45, 2.75) is 6.54 Å². The molecule has 0 spiro atoms. The normalized spacial score (nSPS) is 10.2. The molecular formula is C9H9BrN6O2S. The van der Waals surface area contributed by atoms with Crippen molar-refractivity contribution in [3.05, 3.63) is 37.1 Å². The molecule has 0 saturated carbocycles. The van der Waals surface area contributed by atoms with Crippen LogP contribution in [0.15, 0.2) is 22.1 Å². The molecule has 0 atom stereocenters. The number of hydrazine groups is 1. The van der Waals surface area contributed by atoms with Crippen molar-refractivity contribution < 1.29 is 4.92 Å². The SMILES string of the molecule is NNc1ncc([N+](=O)[O-])c(NCc2ccc(Br)s2)n1. The first-order valence-electron chi connectivity index (χ1n) is 5.06. The maximum absolute atomic E-state index is 10.9. The lowest BCUT2D eigenvalue weighted by Gasteiger charge is -2.06. The topological polar surface area (TPSA) is 119 Å². The number of thiophene rings is 1. The van der Waals surface area contributed by atoms with Gasteiger partial charge in [-0.1, -0.05) is 0 Å². The molecular weight excluding hydrogens is 336 g/mol. The zero-order valence-corrected chi connectivity index (χ0v) is 11.9. The predicted molar refractivity (Wildman–Crippen MR) is 75.8 cm³/mol. The van der Waals surface area contributed by atoms with Crippen molar-refractivity contribution in [2.75, 3.05) is 10.7 Å². The van der Waals surface area contributed by atoms with Gasteiger partial charge in [-0.3, -0.25) is 15.5 Å². The number of nitrogens with zero attached hydrogens (tertiary/aromatic N) is 3. The summed E-state index contributed by atoms with van der Waals surface area (Å²) in [4.78, 5) is 19.0. The van der Waals surface area contributed by atoms with E-state index in [9.17, 15) is 10.1 Å². The standard InChI is InChI=1S/C9H9BrN6O2S/c10-7-2-1-5(19-7)3-12-8-6(16(17)18)4-13-9(14-8)15-11/h1-2,4H,3,11H2,(H2,12,13,14,15). The lowest BCUT2D eigenvalue weighted by Crippen LogP contribution is -2.13. The first-order valence-corrected chi connectivity index (χ1v) is 6.67. The van der Waals surface area contributed by atoms with E-state index in [0.29, 0.717) is 6.54 Å². The van der Waals surface area contributed by atoms with Gasteiger partial charge in [0.05, 0.1) is 15.3 Å². The number of aromatic nitrogens is 2. The van der Waals surface area contributed by atoms with Gasteiger partial charge in [0.2, 0.25) is 11.8 Å². The first-order chi connectivity index (χ1) is 9.10. The van der Waals surface area contributed by atoms with Gasteiger partial charge in [0.1, 0.15) is 6.20 Å². The highest BCUT2D eigenvalue weighted by atomic mass is 79.9. The Morgan fingerprint density at radius 1 is 1.53 bits per heavy atom. The first kappa shape index (κ1) is 13.6. The summed E-state index contributed by atoms with van der Waals surface area (Å²) in [6.07, 6.45) is 1.11. The minimum absolute atomic E-state index is 0.112. The number of hydrogen-bond donors (Lipinski definition) is 3. The third kappa shape index (κ3) is 3.36. The summed E-state index contributed by atoms with van der Waals surface area (Å²) in [6, 6.07) is 3.82. The van der Waals surface area contributed by atoms with Crippen molar-refractivity contribution in [1.29, 1.82) is 0 Å². The van der Waals surface area contributed by atoms with Crippen LogP contribution in [0.25, 0.3) is 0 Å². The molecule has 2 aromatic heterocycles. The highest BCUT2D eigenvalue weighted by Crippen LogP contribution is 2.25. The summed E-state index contributed by atoms with van der Waals surface area (Å²) in [6.45, 7) is 0.429. The van der Waals surface area contributed by atoms with Crippen LogP contribution in [-0.4, -0.2) is 14.9 Å². The van der Waals surface area contributed by atoms with Crippen molar-refractivity contribution in [2.24, 2.45) is 5.84 Å². The Bertz CT molecular complexity index is 604. The highest BCUT2D eigenvalue weighted by Gasteiger charge is 2.17. The second-order valence-electron chi connectivity index (χ2n) is 3.39. The fraction of sp³-hybridized carbons (Fsp3) is 0.111. The van der Waals surface area contributed by atoms with Crippen molar-refractivity contribution >= 4 is 44.7 Å². The number of rotatable bonds is 5. The summed E-state index contributed by atoms with van der Waals surface area (Å²) in [7, 11) is 0. The number of nitrogens with two attached hydrogens (primary N) is 1. The number of anilines is 2. The second-order valence-corrected chi connectivity index (χ2v) is 5.94. The number of nitrogens with one attached hydrogen (secondary N) is 2. The molecule has 0 amide bonds. The van der Waals surface area contributed by atoms with Gasteiger partial charge in [0, 0.05) is 4.88 Å². The third-order valence-corrected chi connectivity index (χ3v) is 3.78. The molecule has 8 nitrogen and oxygen atoms in total. The molecule has 2 heterocycles. The fourth-order valence-electron chi connectivity index (χ4n) is 1.33. The Morgan fingerprint density at radius 2 is 2.32 bits per heavy atom. The molecule has 100 valence electrons. The summed E-state index contributed by atoms with van der Waals surface area (Å²) in [5, 5.41) is 13.8. The molecule has 0 unspecified atom stereocenters. The van der Waals surface area contributed by atoms with Crippen LogP contribution in [0.2, 0.25) is 0 Å². The van der Waals surface area contributed by atoms with E-state index in [1.54, 1.807) is 0 Å². The van der Waals surface area contributed by atoms with Gasteiger partial charge in [0.25, 0.3) is 0 Å². The molecule has 0 aromatic carbocycles. The Kier molecular flexibility index (Phi) is 4.24. The Morgan fingerprint density at radius 3 is 2.89 bits per heavy atom. The molecule has 0 aliphatic carbocycles. The van der Waals surface area contributed by atoms with Gasteiger partial charge in [-0.05, 0) is 28.1 Å². The van der Waals surface area contributed by atoms with Crippen LogP contribution >= 0.6 is 27.3 Å². The third-order valence-electron chi connectivity index (χ3n) is 2.15. The van der Waals surface area contributed by atoms with E-state index < -0.39 is 4.92 Å². The van der Waals surface area contributed by atoms with Crippen LogP contribution in [0.3, 0.4) is 0 Å². The lowest BCUT2D eigenvalue weighted by atomic mass is 10.4. The monoisotopic (exact) mass is 344 g/mol. The predicted octanol–water partition coefficient (Wildman–Crippen LogP) is 2.11. The van der Waals surface area contributed by atoms with Crippen LogP contribution in [-0.2, 0) is 6.54 Å². The zero-order chi connectivity index (χ0) is 13.8. The lowest BCUT2D eigenvalue weighted by molar-refractivity contribution is -0.384. The summed E-state index contributed by atoms with van der Waals surface area (Å²) >= 11 is 4.88. The summed E-state index contributed by atoms with van der Waals surface area (Å²) < 4.78 is 0.991. The Labute approximate surface area is 120 Å². The summed E-state index contributed by atoms with van der Waals surface area (Å²) in [5.41, 5.74) is 2.05. The van der Waals surface area contributed by atoms with Crippen LogP contribution < -0.4 is 16.6 Å². The van der Waals surface area contributed by atoms with E-state index in [-0.39, 0.29) is 17.5 Å². The average Bonchev–Trinajstić information content (AvgIpc) is 2.81. The van der Waals surface area contributed by atoms with Gasteiger partial charge < -0.3 is 5.32 Å².